The van der Waals surface area contributed by atoms with Gasteiger partial charge in [-0.2, -0.15) is 0 Å². The molecule has 0 aromatic heterocycles. The maximum atomic E-state index is 5.65. The number of nitrogens with zero attached hydrogens (tertiary/aromatic N) is 1. The SMILES string of the molecule is CCCCOc1ccc(CNCCN(C)CC)cc1. The number of benzene rings is 1. The summed E-state index contributed by atoms with van der Waals surface area (Å²) in [6, 6.07) is 8.39. The predicted molar refractivity (Wildman–Crippen MR) is 81.7 cm³/mol. The van der Waals surface area contributed by atoms with Crippen LogP contribution >= 0.6 is 0 Å². The van der Waals surface area contributed by atoms with Crippen molar-refractivity contribution in [2.24, 2.45) is 0 Å². The summed E-state index contributed by atoms with van der Waals surface area (Å²) >= 11 is 0. The molecule has 0 aliphatic heterocycles. The number of likely N-dealkylation sites (N-methyl/N-ethyl adjacent to an activating group) is 1. The molecule has 0 aliphatic rings. The van der Waals surface area contributed by atoms with Crippen LogP contribution in [0.15, 0.2) is 24.3 Å². The molecule has 1 rings (SSSR count). The van der Waals surface area contributed by atoms with Gasteiger partial charge in [0.25, 0.3) is 0 Å². The molecule has 1 aromatic carbocycles. The Hall–Kier alpha value is -1.06. The van der Waals surface area contributed by atoms with Crippen molar-refractivity contribution < 1.29 is 4.74 Å². The molecule has 0 amide bonds. The van der Waals surface area contributed by atoms with E-state index >= 15 is 0 Å². The lowest BCUT2D eigenvalue weighted by Gasteiger charge is -2.14. The second-order valence-corrected chi connectivity index (χ2v) is 4.92. The molecule has 0 saturated carbocycles. The highest BCUT2D eigenvalue weighted by atomic mass is 16.5. The van der Waals surface area contributed by atoms with Gasteiger partial charge in [0.05, 0.1) is 6.61 Å². The molecule has 0 bridgehead atoms. The third kappa shape index (κ3) is 7.19. The summed E-state index contributed by atoms with van der Waals surface area (Å²) in [4.78, 5) is 2.30. The molecule has 0 atom stereocenters. The van der Waals surface area contributed by atoms with Gasteiger partial charge in [-0.1, -0.05) is 32.4 Å². The lowest BCUT2D eigenvalue weighted by atomic mass is 10.2. The van der Waals surface area contributed by atoms with Crippen molar-refractivity contribution in [3.8, 4) is 5.75 Å². The van der Waals surface area contributed by atoms with E-state index in [-0.39, 0.29) is 0 Å². The van der Waals surface area contributed by atoms with Crippen molar-refractivity contribution in [3.05, 3.63) is 29.8 Å². The van der Waals surface area contributed by atoms with Gasteiger partial charge in [0, 0.05) is 19.6 Å². The van der Waals surface area contributed by atoms with E-state index in [9.17, 15) is 0 Å². The van der Waals surface area contributed by atoms with Crippen LogP contribution in [-0.4, -0.2) is 38.2 Å². The summed E-state index contributed by atoms with van der Waals surface area (Å²) in [7, 11) is 2.14. The zero-order valence-electron chi connectivity index (χ0n) is 12.6. The average molecular weight is 264 g/mol. The van der Waals surface area contributed by atoms with Gasteiger partial charge in [0.2, 0.25) is 0 Å². The van der Waals surface area contributed by atoms with Crippen LogP contribution in [0.3, 0.4) is 0 Å². The Morgan fingerprint density at radius 1 is 1.16 bits per heavy atom. The van der Waals surface area contributed by atoms with E-state index in [0.717, 1.165) is 45.0 Å². The van der Waals surface area contributed by atoms with Crippen LogP contribution in [0.2, 0.25) is 0 Å². The zero-order chi connectivity index (χ0) is 13.9. The second-order valence-electron chi connectivity index (χ2n) is 4.92. The van der Waals surface area contributed by atoms with Crippen LogP contribution in [-0.2, 0) is 6.54 Å². The molecule has 0 radical (unpaired) electrons. The van der Waals surface area contributed by atoms with Crippen molar-refractivity contribution in [3.63, 3.8) is 0 Å². The normalized spacial score (nSPS) is 10.9. The fourth-order valence-electron chi connectivity index (χ4n) is 1.70. The molecule has 0 saturated heterocycles. The largest absolute Gasteiger partial charge is 0.494 e. The van der Waals surface area contributed by atoms with Gasteiger partial charge in [-0.3, -0.25) is 0 Å². The molecule has 0 heterocycles. The van der Waals surface area contributed by atoms with E-state index in [0.29, 0.717) is 0 Å². The highest BCUT2D eigenvalue weighted by molar-refractivity contribution is 5.27. The van der Waals surface area contributed by atoms with Crippen LogP contribution in [0.5, 0.6) is 5.75 Å². The summed E-state index contributed by atoms with van der Waals surface area (Å²) in [5.74, 6) is 0.975. The number of unbranched alkanes of at least 4 members (excludes halogenated alkanes) is 1. The standard InChI is InChI=1S/C16H28N2O/c1-4-6-13-19-16-9-7-15(8-10-16)14-17-11-12-18(3)5-2/h7-10,17H,4-6,11-14H2,1-3H3. The minimum absolute atomic E-state index is 0.817. The third-order valence-corrected chi connectivity index (χ3v) is 3.23. The summed E-state index contributed by atoms with van der Waals surface area (Å²) < 4.78 is 5.65. The lowest BCUT2D eigenvalue weighted by Crippen LogP contribution is -2.28. The van der Waals surface area contributed by atoms with Gasteiger partial charge in [-0.15, -0.1) is 0 Å². The molecule has 0 spiro atoms. The zero-order valence-corrected chi connectivity index (χ0v) is 12.6. The minimum atomic E-state index is 0.817. The molecule has 3 nitrogen and oxygen atoms in total. The predicted octanol–water partition coefficient (Wildman–Crippen LogP) is 2.91. The molecule has 1 N–H and O–H groups in total. The highest BCUT2D eigenvalue weighted by Gasteiger charge is 1.97. The first kappa shape index (κ1) is 16.0. The molecular formula is C16H28N2O. The highest BCUT2D eigenvalue weighted by Crippen LogP contribution is 2.12. The first-order valence-corrected chi connectivity index (χ1v) is 7.37. The van der Waals surface area contributed by atoms with Gasteiger partial charge in [0.15, 0.2) is 0 Å². The first-order chi connectivity index (χ1) is 9.26. The van der Waals surface area contributed by atoms with Crippen molar-refractivity contribution in [1.29, 1.82) is 0 Å². The molecule has 1 aromatic rings. The molecule has 3 heteroatoms. The van der Waals surface area contributed by atoms with Crippen LogP contribution < -0.4 is 10.1 Å². The van der Waals surface area contributed by atoms with Crippen LogP contribution in [0.1, 0.15) is 32.3 Å². The monoisotopic (exact) mass is 264 g/mol. The Morgan fingerprint density at radius 2 is 1.89 bits per heavy atom. The molecular weight excluding hydrogens is 236 g/mol. The van der Waals surface area contributed by atoms with Gasteiger partial charge >= 0.3 is 0 Å². The van der Waals surface area contributed by atoms with Gasteiger partial charge in [0.1, 0.15) is 5.75 Å². The topological polar surface area (TPSA) is 24.5 Å². The number of rotatable bonds is 10. The first-order valence-electron chi connectivity index (χ1n) is 7.37. The summed E-state index contributed by atoms with van der Waals surface area (Å²) in [6.07, 6.45) is 2.29. The van der Waals surface area contributed by atoms with Crippen molar-refractivity contribution >= 4 is 0 Å². The van der Waals surface area contributed by atoms with Gasteiger partial charge < -0.3 is 15.0 Å². The van der Waals surface area contributed by atoms with Crippen molar-refractivity contribution in [2.75, 3.05) is 33.3 Å². The van der Waals surface area contributed by atoms with Crippen molar-refractivity contribution in [1.82, 2.24) is 10.2 Å². The molecule has 0 aliphatic carbocycles. The smallest absolute Gasteiger partial charge is 0.119 e. The quantitative estimate of drug-likeness (QED) is 0.658. The van der Waals surface area contributed by atoms with E-state index in [1.54, 1.807) is 0 Å². The lowest BCUT2D eigenvalue weighted by molar-refractivity contribution is 0.309. The maximum Gasteiger partial charge on any atom is 0.119 e. The van der Waals surface area contributed by atoms with Crippen molar-refractivity contribution in [2.45, 2.75) is 33.2 Å². The summed E-state index contributed by atoms with van der Waals surface area (Å²) in [5.41, 5.74) is 1.31. The summed E-state index contributed by atoms with van der Waals surface area (Å²) in [6.45, 7) is 9.31. The molecule has 108 valence electrons. The molecule has 0 unspecified atom stereocenters. The number of ether oxygens (including phenoxy) is 1. The molecule has 0 fully saturated rings. The van der Waals surface area contributed by atoms with Crippen LogP contribution in [0, 0.1) is 0 Å². The summed E-state index contributed by atoms with van der Waals surface area (Å²) in [5, 5.41) is 3.46. The Kier molecular flexibility index (Phi) is 8.26. The van der Waals surface area contributed by atoms with E-state index in [2.05, 4.69) is 55.4 Å². The number of hydrogen-bond donors (Lipinski definition) is 1. The average Bonchev–Trinajstić information content (AvgIpc) is 2.45. The Balaban J connectivity index is 2.20. The van der Waals surface area contributed by atoms with E-state index in [1.165, 1.54) is 12.0 Å². The second kappa shape index (κ2) is 9.82. The minimum Gasteiger partial charge on any atom is -0.494 e. The Morgan fingerprint density at radius 3 is 2.53 bits per heavy atom. The fourth-order valence-corrected chi connectivity index (χ4v) is 1.70. The maximum absolute atomic E-state index is 5.65. The number of hydrogen-bond acceptors (Lipinski definition) is 3. The van der Waals surface area contributed by atoms with Gasteiger partial charge in [-0.05, 0) is 37.7 Å². The van der Waals surface area contributed by atoms with Crippen LogP contribution in [0.4, 0.5) is 0 Å². The Labute approximate surface area is 118 Å². The third-order valence-electron chi connectivity index (χ3n) is 3.23. The van der Waals surface area contributed by atoms with Gasteiger partial charge in [-0.25, -0.2) is 0 Å². The number of nitrogens with one attached hydrogen (secondary N) is 1. The molecule has 19 heavy (non-hydrogen) atoms. The van der Waals surface area contributed by atoms with E-state index in [4.69, 9.17) is 4.74 Å². The van der Waals surface area contributed by atoms with Crippen LogP contribution in [0.25, 0.3) is 0 Å². The van der Waals surface area contributed by atoms with E-state index < -0.39 is 0 Å². The van der Waals surface area contributed by atoms with E-state index in [1.807, 2.05) is 0 Å². The Bertz CT molecular complexity index is 324. The fraction of sp³-hybridized carbons (Fsp3) is 0.625.